The van der Waals surface area contributed by atoms with Crippen molar-refractivity contribution in [2.75, 3.05) is 12.0 Å². The zero-order valence-corrected chi connectivity index (χ0v) is 21.1. The number of benzene rings is 1. The third kappa shape index (κ3) is 11.1. The van der Waals surface area contributed by atoms with Crippen LogP contribution in [-0.4, -0.2) is 82.1 Å². The van der Waals surface area contributed by atoms with Gasteiger partial charge in [-0.05, 0) is 37.3 Å². The summed E-state index contributed by atoms with van der Waals surface area (Å²) in [5.74, 6) is -3.73. The van der Waals surface area contributed by atoms with Gasteiger partial charge in [0.05, 0.1) is 12.1 Å². The third-order valence-electron chi connectivity index (χ3n) is 5.24. The average molecular weight is 526 g/mol. The highest BCUT2D eigenvalue weighted by Gasteiger charge is 2.32. The molecule has 1 aromatic carbocycles. The van der Waals surface area contributed by atoms with Crippen molar-refractivity contribution in [2.24, 2.45) is 11.5 Å². The molecule has 0 bridgehead atoms. The third-order valence-corrected chi connectivity index (χ3v) is 5.89. The Kier molecular flexibility index (Phi) is 13.5. The van der Waals surface area contributed by atoms with Gasteiger partial charge in [-0.25, -0.2) is 4.79 Å². The molecule has 0 spiro atoms. The lowest BCUT2D eigenvalue weighted by molar-refractivity contribution is -0.142. The van der Waals surface area contributed by atoms with Gasteiger partial charge in [0.15, 0.2) is 0 Å². The largest absolute Gasteiger partial charge is 0.480 e. The first-order valence-electron chi connectivity index (χ1n) is 11.3. The summed E-state index contributed by atoms with van der Waals surface area (Å²) in [6.07, 6.45) is 0.479. The van der Waals surface area contributed by atoms with Gasteiger partial charge in [-0.1, -0.05) is 30.3 Å². The fraction of sp³-hybridized carbons (Fsp3) is 0.522. The lowest BCUT2D eigenvalue weighted by Gasteiger charge is -2.26. The van der Waals surface area contributed by atoms with Crippen LogP contribution in [0.15, 0.2) is 30.3 Å². The monoisotopic (exact) mass is 525 g/mol. The summed E-state index contributed by atoms with van der Waals surface area (Å²) < 4.78 is 0. The Balaban J connectivity index is 3.04. The molecule has 0 aliphatic carbocycles. The Hall–Kier alpha value is -3.16. The smallest absolute Gasteiger partial charge is 0.326 e. The Labute approximate surface area is 213 Å². The van der Waals surface area contributed by atoms with E-state index in [1.54, 1.807) is 30.3 Å². The topological polar surface area (TPSA) is 214 Å². The van der Waals surface area contributed by atoms with Crippen LogP contribution in [0.4, 0.5) is 0 Å². The molecule has 12 nitrogen and oxygen atoms in total. The second kappa shape index (κ2) is 15.8. The van der Waals surface area contributed by atoms with Crippen molar-refractivity contribution < 1.29 is 34.2 Å². The number of carboxylic acids is 1. The van der Waals surface area contributed by atoms with Crippen molar-refractivity contribution in [2.45, 2.75) is 62.9 Å². The maximum atomic E-state index is 13.0. The van der Waals surface area contributed by atoms with E-state index in [1.807, 2.05) is 6.26 Å². The number of aliphatic carboxylic acids is 1. The average Bonchev–Trinajstić information content (AvgIpc) is 2.82. The van der Waals surface area contributed by atoms with Crippen LogP contribution in [0.5, 0.6) is 0 Å². The number of thioether (sulfide) groups is 1. The van der Waals surface area contributed by atoms with Crippen LogP contribution >= 0.6 is 11.8 Å². The SMILES string of the molecule is CSCCC(NC(=O)C(Cc1ccccc1)NC(=O)C(NC(=O)C(N)CCC(N)=O)C(C)O)C(=O)O. The molecule has 200 valence electrons. The van der Waals surface area contributed by atoms with Gasteiger partial charge < -0.3 is 37.6 Å². The van der Waals surface area contributed by atoms with Crippen molar-refractivity contribution in [3.8, 4) is 0 Å². The van der Waals surface area contributed by atoms with E-state index in [-0.39, 0.29) is 25.7 Å². The summed E-state index contributed by atoms with van der Waals surface area (Å²) in [5, 5.41) is 26.9. The molecule has 0 radical (unpaired) electrons. The van der Waals surface area contributed by atoms with Crippen LogP contribution in [0.1, 0.15) is 31.7 Å². The zero-order chi connectivity index (χ0) is 27.3. The molecule has 0 aliphatic heterocycles. The molecule has 4 amide bonds. The summed E-state index contributed by atoms with van der Waals surface area (Å²) in [5.41, 5.74) is 11.5. The number of hydrogen-bond acceptors (Lipinski definition) is 8. The highest BCUT2D eigenvalue weighted by molar-refractivity contribution is 7.98. The lowest BCUT2D eigenvalue weighted by Crippen LogP contribution is -2.60. The number of aliphatic hydroxyl groups is 1. The number of primary amides is 1. The van der Waals surface area contributed by atoms with Crippen molar-refractivity contribution >= 4 is 41.4 Å². The van der Waals surface area contributed by atoms with Gasteiger partial charge in [-0.3, -0.25) is 19.2 Å². The summed E-state index contributed by atoms with van der Waals surface area (Å²) in [7, 11) is 0. The van der Waals surface area contributed by atoms with E-state index >= 15 is 0 Å². The van der Waals surface area contributed by atoms with Crippen LogP contribution in [0.3, 0.4) is 0 Å². The first-order valence-corrected chi connectivity index (χ1v) is 12.7. The molecule has 0 fully saturated rings. The van der Waals surface area contributed by atoms with Gasteiger partial charge in [-0.15, -0.1) is 0 Å². The van der Waals surface area contributed by atoms with Crippen LogP contribution < -0.4 is 27.4 Å². The van der Waals surface area contributed by atoms with Crippen LogP contribution in [0, 0.1) is 0 Å². The summed E-state index contributed by atoms with van der Waals surface area (Å²) >= 11 is 1.43. The molecule has 36 heavy (non-hydrogen) atoms. The Morgan fingerprint density at radius 3 is 2.08 bits per heavy atom. The van der Waals surface area contributed by atoms with E-state index in [2.05, 4.69) is 16.0 Å². The number of nitrogens with one attached hydrogen (secondary N) is 3. The van der Waals surface area contributed by atoms with E-state index in [1.165, 1.54) is 18.7 Å². The van der Waals surface area contributed by atoms with Crippen molar-refractivity contribution in [1.82, 2.24) is 16.0 Å². The van der Waals surface area contributed by atoms with Crippen molar-refractivity contribution in [1.29, 1.82) is 0 Å². The number of rotatable bonds is 16. The number of amides is 4. The molecule has 5 atom stereocenters. The van der Waals surface area contributed by atoms with E-state index in [0.717, 1.165) is 0 Å². The van der Waals surface area contributed by atoms with Gasteiger partial charge in [-0.2, -0.15) is 11.8 Å². The van der Waals surface area contributed by atoms with Gasteiger partial charge in [0.1, 0.15) is 18.1 Å². The maximum Gasteiger partial charge on any atom is 0.326 e. The van der Waals surface area contributed by atoms with E-state index in [0.29, 0.717) is 11.3 Å². The van der Waals surface area contributed by atoms with Crippen molar-refractivity contribution in [3.63, 3.8) is 0 Å². The van der Waals surface area contributed by atoms with E-state index in [4.69, 9.17) is 11.5 Å². The Morgan fingerprint density at radius 2 is 1.56 bits per heavy atom. The minimum absolute atomic E-state index is 0.0336. The van der Waals surface area contributed by atoms with Crippen LogP contribution in [-0.2, 0) is 30.4 Å². The van der Waals surface area contributed by atoms with Crippen LogP contribution in [0.2, 0.25) is 0 Å². The first kappa shape index (κ1) is 30.9. The minimum Gasteiger partial charge on any atom is -0.480 e. The van der Waals surface area contributed by atoms with Gasteiger partial charge in [0.25, 0.3) is 0 Å². The highest BCUT2D eigenvalue weighted by atomic mass is 32.2. The maximum absolute atomic E-state index is 13.0. The number of aliphatic hydroxyl groups excluding tert-OH is 1. The summed E-state index contributed by atoms with van der Waals surface area (Å²) in [4.78, 5) is 60.9. The molecule has 1 aromatic rings. The first-order chi connectivity index (χ1) is 17.0. The Morgan fingerprint density at radius 1 is 0.944 bits per heavy atom. The van der Waals surface area contributed by atoms with E-state index < -0.39 is 59.9 Å². The molecule has 0 aromatic heterocycles. The van der Waals surface area contributed by atoms with Gasteiger partial charge in [0, 0.05) is 12.8 Å². The highest BCUT2D eigenvalue weighted by Crippen LogP contribution is 2.07. The molecule has 1 rings (SSSR count). The minimum atomic E-state index is -1.46. The summed E-state index contributed by atoms with van der Waals surface area (Å²) in [6.45, 7) is 1.27. The number of nitrogens with two attached hydrogens (primary N) is 2. The quantitative estimate of drug-likeness (QED) is 0.133. The summed E-state index contributed by atoms with van der Waals surface area (Å²) in [6, 6.07) is 3.78. The molecule has 9 N–H and O–H groups in total. The molecular weight excluding hydrogens is 490 g/mol. The van der Waals surface area contributed by atoms with Crippen molar-refractivity contribution in [3.05, 3.63) is 35.9 Å². The number of carbonyl (C=O) groups excluding carboxylic acids is 4. The van der Waals surface area contributed by atoms with Gasteiger partial charge >= 0.3 is 5.97 Å². The molecule has 0 aliphatic rings. The normalized spacial score (nSPS) is 15.0. The molecular formula is C23H35N5O7S. The predicted molar refractivity (Wildman–Crippen MR) is 135 cm³/mol. The number of carbonyl (C=O) groups is 5. The number of carboxylic acid groups (broad SMARTS) is 1. The fourth-order valence-corrected chi connectivity index (χ4v) is 3.65. The molecule has 13 heteroatoms. The molecule has 0 saturated carbocycles. The molecule has 5 unspecified atom stereocenters. The standard InChI is InChI=1S/C23H35N5O7S/c1-13(29)19(28-20(31)15(24)8-9-18(25)30)22(33)27-17(12-14-6-4-3-5-7-14)21(32)26-16(23(34)35)10-11-36-2/h3-7,13,15-17,19,29H,8-12,24H2,1-2H3,(H2,25,30)(H,26,32)(H,27,33)(H,28,31)(H,34,35). The predicted octanol–water partition coefficient (Wildman–Crippen LogP) is -1.51. The number of hydrogen-bond donors (Lipinski definition) is 7. The van der Waals surface area contributed by atoms with Gasteiger partial charge in [0.2, 0.25) is 23.6 Å². The fourth-order valence-electron chi connectivity index (χ4n) is 3.18. The zero-order valence-electron chi connectivity index (χ0n) is 20.3. The molecule has 0 saturated heterocycles. The lowest BCUT2D eigenvalue weighted by atomic mass is 10.0. The second-order valence-corrected chi connectivity index (χ2v) is 9.26. The van der Waals surface area contributed by atoms with E-state index in [9.17, 15) is 34.2 Å². The molecule has 0 heterocycles. The van der Waals surface area contributed by atoms with Crippen LogP contribution in [0.25, 0.3) is 0 Å². The second-order valence-electron chi connectivity index (χ2n) is 8.27. The Bertz CT molecular complexity index is 900.